The number of benzene rings is 1. The van der Waals surface area contributed by atoms with Gasteiger partial charge in [0.05, 0.1) is 30.4 Å². The molecule has 202 valence electrons. The Hall–Kier alpha value is -3.76. The van der Waals surface area contributed by atoms with Crippen LogP contribution >= 0.6 is 11.6 Å². The number of nitrogens with one attached hydrogen (secondary N) is 1. The molecule has 11 heteroatoms. The second-order valence-corrected chi connectivity index (χ2v) is 10.7. The molecule has 39 heavy (non-hydrogen) atoms. The van der Waals surface area contributed by atoms with Crippen molar-refractivity contribution in [3.63, 3.8) is 0 Å². The summed E-state index contributed by atoms with van der Waals surface area (Å²) in [6.45, 7) is 7.32. The van der Waals surface area contributed by atoms with Gasteiger partial charge in [-0.2, -0.15) is 4.98 Å². The van der Waals surface area contributed by atoms with Crippen molar-refractivity contribution in [1.82, 2.24) is 34.7 Å². The zero-order valence-electron chi connectivity index (χ0n) is 22.0. The van der Waals surface area contributed by atoms with Crippen molar-refractivity contribution in [2.45, 2.75) is 38.8 Å². The zero-order chi connectivity index (χ0) is 27.0. The highest BCUT2D eigenvalue weighted by atomic mass is 35.5. The first-order chi connectivity index (χ1) is 18.9. The molecule has 1 saturated carbocycles. The van der Waals surface area contributed by atoms with Gasteiger partial charge in [-0.15, -0.1) is 0 Å². The van der Waals surface area contributed by atoms with Crippen LogP contribution in [0, 0.1) is 6.92 Å². The summed E-state index contributed by atoms with van der Waals surface area (Å²) in [5, 5.41) is 3.56. The normalized spacial score (nSPS) is 16.5. The number of aromatic nitrogens is 5. The van der Waals surface area contributed by atoms with Crippen molar-refractivity contribution in [2.75, 3.05) is 32.8 Å². The maximum atomic E-state index is 12.0. The molecule has 2 fully saturated rings. The molecule has 1 aromatic carbocycles. The van der Waals surface area contributed by atoms with Gasteiger partial charge in [-0.25, -0.2) is 9.97 Å². The van der Waals surface area contributed by atoms with Crippen LogP contribution in [0.3, 0.4) is 0 Å². The molecule has 1 N–H and O–H groups in total. The minimum Gasteiger partial charge on any atom is -0.492 e. The van der Waals surface area contributed by atoms with Crippen molar-refractivity contribution in [3.8, 4) is 23.0 Å². The lowest BCUT2D eigenvalue weighted by atomic mass is 10.2. The van der Waals surface area contributed by atoms with Gasteiger partial charge in [0.15, 0.2) is 11.2 Å². The predicted octanol–water partition coefficient (Wildman–Crippen LogP) is 3.64. The number of amides is 1. The fourth-order valence-corrected chi connectivity index (χ4v) is 4.88. The first-order valence-electron chi connectivity index (χ1n) is 13.1. The van der Waals surface area contributed by atoms with E-state index in [-0.39, 0.29) is 11.5 Å². The Labute approximate surface area is 231 Å². The third-order valence-electron chi connectivity index (χ3n) is 7.09. The summed E-state index contributed by atoms with van der Waals surface area (Å²) in [6.07, 6.45) is 5.27. The molecule has 1 aliphatic heterocycles. The summed E-state index contributed by atoms with van der Waals surface area (Å²) in [7, 11) is 0. The molecule has 6 rings (SSSR count). The van der Waals surface area contributed by atoms with E-state index >= 15 is 0 Å². The Kier molecular flexibility index (Phi) is 6.82. The lowest BCUT2D eigenvalue weighted by Crippen LogP contribution is -2.49. The Morgan fingerprint density at radius 2 is 2.03 bits per heavy atom. The summed E-state index contributed by atoms with van der Waals surface area (Å²) in [4.78, 5) is 32.3. The van der Waals surface area contributed by atoms with E-state index in [0.29, 0.717) is 66.4 Å². The molecule has 0 bridgehead atoms. The molecule has 0 unspecified atom stereocenters. The minimum absolute atomic E-state index is 0.0855. The number of pyridine rings is 1. The standard InChI is InChI=1S/C28H30ClN7O3/c1-18-5-8-31-19(13-18)16-36-25(34-24-26(36)32-17-33-27(24)39-28(2)6-7-28)21-4-3-20(14-22(21)29)38-12-11-35-10-9-30-15-23(35)37/h3-5,8,13-14,17,30H,6-7,9-12,15-16H2,1-2H3. The van der Waals surface area contributed by atoms with Gasteiger partial charge in [-0.3, -0.25) is 9.78 Å². The van der Waals surface area contributed by atoms with Gasteiger partial charge in [0.1, 0.15) is 30.1 Å². The Balaban J connectivity index is 1.31. The molecule has 1 amide bonds. The van der Waals surface area contributed by atoms with Gasteiger partial charge in [0.25, 0.3) is 0 Å². The van der Waals surface area contributed by atoms with Gasteiger partial charge >= 0.3 is 0 Å². The van der Waals surface area contributed by atoms with Crippen LogP contribution in [0.4, 0.5) is 0 Å². The number of fused-ring (bicyclic) bond motifs is 1. The van der Waals surface area contributed by atoms with E-state index in [1.807, 2.05) is 35.8 Å². The molecule has 0 spiro atoms. The van der Waals surface area contributed by atoms with Crippen LogP contribution in [0.25, 0.3) is 22.6 Å². The molecule has 0 atom stereocenters. The number of ether oxygens (including phenoxy) is 2. The van der Waals surface area contributed by atoms with E-state index in [4.69, 9.17) is 26.1 Å². The minimum atomic E-state index is -0.213. The summed E-state index contributed by atoms with van der Waals surface area (Å²) in [6, 6.07) is 9.55. The fourth-order valence-electron chi connectivity index (χ4n) is 4.63. The Morgan fingerprint density at radius 1 is 1.15 bits per heavy atom. The maximum absolute atomic E-state index is 12.0. The number of hydrogen-bond acceptors (Lipinski definition) is 8. The number of hydrogen-bond donors (Lipinski definition) is 1. The smallest absolute Gasteiger partial charge is 0.245 e. The van der Waals surface area contributed by atoms with Crippen LogP contribution in [-0.4, -0.2) is 73.7 Å². The molecule has 4 heterocycles. The van der Waals surface area contributed by atoms with Gasteiger partial charge in [-0.05, 0) is 62.6 Å². The predicted molar refractivity (Wildman–Crippen MR) is 147 cm³/mol. The second kappa shape index (κ2) is 10.4. The third kappa shape index (κ3) is 5.53. The quantitative estimate of drug-likeness (QED) is 0.338. The molecule has 0 radical (unpaired) electrons. The van der Waals surface area contributed by atoms with Crippen LogP contribution in [0.5, 0.6) is 11.6 Å². The van der Waals surface area contributed by atoms with Crippen LogP contribution in [-0.2, 0) is 11.3 Å². The number of carbonyl (C=O) groups excluding carboxylic acids is 1. The van der Waals surface area contributed by atoms with E-state index in [0.717, 1.165) is 36.2 Å². The van der Waals surface area contributed by atoms with Gasteiger partial charge < -0.3 is 24.3 Å². The summed E-state index contributed by atoms with van der Waals surface area (Å²) >= 11 is 6.81. The lowest BCUT2D eigenvalue weighted by Gasteiger charge is -2.27. The summed E-state index contributed by atoms with van der Waals surface area (Å²) in [5.41, 5.74) is 3.76. The van der Waals surface area contributed by atoms with E-state index in [1.165, 1.54) is 6.33 Å². The number of aryl methyl sites for hydroxylation is 1. The monoisotopic (exact) mass is 547 g/mol. The van der Waals surface area contributed by atoms with Crippen molar-refractivity contribution in [1.29, 1.82) is 0 Å². The molecule has 4 aromatic rings. The molecule has 10 nitrogen and oxygen atoms in total. The largest absolute Gasteiger partial charge is 0.492 e. The molecule has 1 aliphatic carbocycles. The fraction of sp³-hybridized carbons (Fsp3) is 0.393. The highest BCUT2D eigenvalue weighted by molar-refractivity contribution is 6.33. The van der Waals surface area contributed by atoms with Crippen molar-refractivity contribution >= 4 is 28.7 Å². The van der Waals surface area contributed by atoms with Crippen LogP contribution in [0.2, 0.25) is 5.02 Å². The molecule has 3 aromatic heterocycles. The number of piperazine rings is 1. The number of imidazole rings is 1. The highest BCUT2D eigenvalue weighted by Crippen LogP contribution is 2.41. The van der Waals surface area contributed by atoms with Gasteiger partial charge in [-0.1, -0.05) is 11.6 Å². The number of carbonyl (C=O) groups is 1. The number of halogens is 1. The van der Waals surface area contributed by atoms with E-state index in [1.54, 1.807) is 17.2 Å². The molecule has 1 saturated heterocycles. The Bertz CT molecular complexity index is 1540. The van der Waals surface area contributed by atoms with Gasteiger partial charge in [0.2, 0.25) is 11.8 Å². The topological polar surface area (TPSA) is 107 Å². The number of rotatable bonds is 9. The van der Waals surface area contributed by atoms with E-state index in [2.05, 4.69) is 27.2 Å². The highest BCUT2D eigenvalue weighted by Gasteiger charge is 2.41. The van der Waals surface area contributed by atoms with Crippen LogP contribution in [0.15, 0.2) is 42.9 Å². The second-order valence-electron chi connectivity index (χ2n) is 10.3. The third-order valence-corrected chi connectivity index (χ3v) is 7.40. The van der Waals surface area contributed by atoms with Crippen LogP contribution in [0.1, 0.15) is 31.0 Å². The maximum Gasteiger partial charge on any atom is 0.245 e. The first kappa shape index (κ1) is 25.5. The Morgan fingerprint density at radius 3 is 2.79 bits per heavy atom. The zero-order valence-corrected chi connectivity index (χ0v) is 22.7. The van der Waals surface area contributed by atoms with Crippen molar-refractivity contribution < 1.29 is 14.3 Å². The average molecular weight is 548 g/mol. The van der Waals surface area contributed by atoms with Gasteiger partial charge in [0, 0.05) is 24.8 Å². The lowest BCUT2D eigenvalue weighted by molar-refractivity contribution is -0.132. The SMILES string of the molecule is Cc1ccnc(Cn2c(-c3ccc(OCCN4CCNCC4=O)cc3Cl)nc3c(OC4(C)CC4)ncnc32)c1. The summed E-state index contributed by atoms with van der Waals surface area (Å²) < 4.78 is 14.2. The van der Waals surface area contributed by atoms with Crippen LogP contribution < -0.4 is 14.8 Å². The van der Waals surface area contributed by atoms with E-state index < -0.39 is 0 Å². The summed E-state index contributed by atoms with van der Waals surface area (Å²) in [5.74, 6) is 1.82. The molecule has 2 aliphatic rings. The average Bonchev–Trinajstić information content (AvgIpc) is 3.53. The number of nitrogens with zero attached hydrogens (tertiary/aromatic N) is 6. The van der Waals surface area contributed by atoms with E-state index in [9.17, 15) is 4.79 Å². The van der Waals surface area contributed by atoms with Crippen molar-refractivity contribution in [2.24, 2.45) is 0 Å². The molecular weight excluding hydrogens is 518 g/mol. The van der Waals surface area contributed by atoms with Crippen molar-refractivity contribution in [3.05, 3.63) is 59.1 Å². The molecular formula is C28H30ClN7O3. The first-order valence-corrected chi connectivity index (χ1v) is 13.5.